The molecule has 1 fully saturated rings. The molecule has 4 rings (SSSR count). The second kappa shape index (κ2) is 5.99. The molecule has 0 bridgehead atoms. The molecule has 116 valence electrons. The number of rotatable bonds is 2. The zero-order valence-corrected chi connectivity index (χ0v) is 13.5. The first kappa shape index (κ1) is 14.2. The molecule has 3 heterocycles. The van der Waals surface area contributed by atoms with Gasteiger partial charge in [0.2, 0.25) is 0 Å². The maximum Gasteiger partial charge on any atom is 0.129 e. The SMILES string of the molecule is Cc1cc(N2CCCCC2)nc2ccc(-c3ccncc3)cc12. The predicted molar refractivity (Wildman–Crippen MR) is 95.8 cm³/mol. The molecule has 2 aromatic heterocycles. The van der Waals surface area contributed by atoms with E-state index in [1.807, 2.05) is 24.5 Å². The van der Waals surface area contributed by atoms with Crippen LogP contribution in [0.3, 0.4) is 0 Å². The van der Waals surface area contributed by atoms with Gasteiger partial charge >= 0.3 is 0 Å². The van der Waals surface area contributed by atoms with E-state index in [0.717, 1.165) is 24.4 Å². The predicted octanol–water partition coefficient (Wildman–Crippen LogP) is 4.60. The van der Waals surface area contributed by atoms with Crippen LogP contribution in [-0.2, 0) is 0 Å². The summed E-state index contributed by atoms with van der Waals surface area (Å²) < 4.78 is 0. The van der Waals surface area contributed by atoms with Gasteiger partial charge in [0, 0.05) is 30.9 Å². The molecule has 0 unspecified atom stereocenters. The third-order valence-corrected chi connectivity index (χ3v) is 4.70. The maximum atomic E-state index is 4.91. The number of anilines is 1. The Hall–Kier alpha value is -2.42. The zero-order valence-electron chi connectivity index (χ0n) is 13.5. The van der Waals surface area contributed by atoms with E-state index in [1.165, 1.54) is 41.3 Å². The highest BCUT2D eigenvalue weighted by Crippen LogP contribution is 2.28. The average Bonchev–Trinajstić information content (AvgIpc) is 2.63. The Kier molecular flexibility index (Phi) is 3.70. The van der Waals surface area contributed by atoms with Gasteiger partial charge in [0.05, 0.1) is 5.52 Å². The Morgan fingerprint density at radius 1 is 0.870 bits per heavy atom. The van der Waals surface area contributed by atoms with E-state index in [0.29, 0.717) is 0 Å². The minimum atomic E-state index is 1.09. The van der Waals surface area contributed by atoms with Crippen molar-refractivity contribution in [1.82, 2.24) is 9.97 Å². The summed E-state index contributed by atoms with van der Waals surface area (Å²) in [5.74, 6) is 1.13. The number of hydrogen-bond donors (Lipinski definition) is 0. The Balaban J connectivity index is 1.76. The fourth-order valence-corrected chi connectivity index (χ4v) is 3.39. The molecule has 0 amide bonds. The van der Waals surface area contributed by atoms with Crippen molar-refractivity contribution >= 4 is 16.7 Å². The molecule has 3 nitrogen and oxygen atoms in total. The minimum Gasteiger partial charge on any atom is -0.357 e. The molecule has 0 atom stereocenters. The Labute approximate surface area is 137 Å². The van der Waals surface area contributed by atoms with Crippen molar-refractivity contribution in [2.75, 3.05) is 18.0 Å². The van der Waals surface area contributed by atoms with Crippen LogP contribution in [0.2, 0.25) is 0 Å². The lowest BCUT2D eigenvalue weighted by molar-refractivity contribution is 0.574. The topological polar surface area (TPSA) is 29.0 Å². The van der Waals surface area contributed by atoms with E-state index in [2.05, 4.69) is 41.1 Å². The van der Waals surface area contributed by atoms with Crippen LogP contribution in [0.1, 0.15) is 24.8 Å². The lowest BCUT2D eigenvalue weighted by Gasteiger charge is -2.28. The van der Waals surface area contributed by atoms with Gasteiger partial charge in [0.1, 0.15) is 5.82 Å². The number of aromatic nitrogens is 2. The number of aryl methyl sites for hydroxylation is 1. The Bertz CT molecular complexity index is 821. The number of piperidine rings is 1. The van der Waals surface area contributed by atoms with Gasteiger partial charge in [0.25, 0.3) is 0 Å². The summed E-state index contributed by atoms with van der Waals surface area (Å²) in [5.41, 5.74) is 4.80. The van der Waals surface area contributed by atoms with E-state index in [9.17, 15) is 0 Å². The summed E-state index contributed by atoms with van der Waals surface area (Å²) in [4.78, 5) is 11.4. The normalized spacial score (nSPS) is 15.1. The van der Waals surface area contributed by atoms with Gasteiger partial charge in [-0.2, -0.15) is 0 Å². The van der Waals surface area contributed by atoms with Gasteiger partial charge in [0.15, 0.2) is 0 Å². The van der Waals surface area contributed by atoms with E-state index in [4.69, 9.17) is 4.98 Å². The van der Waals surface area contributed by atoms with Gasteiger partial charge in [-0.25, -0.2) is 4.98 Å². The lowest BCUT2D eigenvalue weighted by atomic mass is 10.0. The summed E-state index contributed by atoms with van der Waals surface area (Å²) in [6.45, 7) is 4.45. The molecule has 3 aromatic rings. The summed E-state index contributed by atoms with van der Waals surface area (Å²) in [5, 5.41) is 1.24. The van der Waals surface area contributed by atoms with Crippen molar-refractivity contribution in [2.24, 2.45) is 0 Å². The standard InChI is InChI=1S/C20H21N3/c1-15-13-20(23-11-3-2-4-12-23)22-19-6-5-17(14-18(15)19)16-7-9-21-10-8-16/h5-10,13-14H,2-4,11-12H2,1H3. The highest BCUT2D eigenvalue weighted by Gasteiger charge is 2.14. The Morgan fingerprint density at radius 2 is 1.65 bits per heavy atom. The molecule has 1 aliphatic heterocycles. The molecule has 0 saturated carbocycles. The average molecular weight is 303 g/mol. The van der Waals surface area contributed by atoms with Gasteiger partial charge in [-0.3, -0.25) is 4.98 Å². The fourth-order valence-electron chi connectivity index (χ4n) is 3.39. The van der Waals surface area contributed by atoms with E-state index < -0.39 is 0 Å². The summed E-state index contributed by atoms with van der Waals surface area (Å²) >= 11 is 0. The molecule has 1 aromatic carbocycles. The minimum absolute atomic E-state index is 1.09. The number of hydrogen-bond acceptors (Lipinski definition) is 3. The maximum absolute atomic E-state index is 4.91. The molecule has 1 aliphatic rings. The van der Waals surface area contributed by atoms with Gasteiger partial charge < -0.3 is 4.90 Å². The van der Waals surface area contributed by atoms with Crippen LogP contribution in [-0.4, -0.2) is 23.1 Å². The summed E-state index contributed by atoms with van der Waals surface area (Å²) in [6.07, 6.45) is 7.58. The van der Waals surface area contributed by atoms with Crippen LogP contribution in [0.15, 0.2) is 48.8 Å². The van der Waals surface area contributed by atoms with Crippen LogP contribution in [0.25, 0.3) is 22.0 Å². The summed E-state index contributed by atoms with van der Waals surface area (Å²) in [6, 6.07) is 12.9. The third-order valence-electron chi connectivity index (χ3n) is 4.70. The van der Waals surface area contributed by atoms with Gasteiger partial charge in [-0.1, -0.05) is 6.07 Å². The van der Waals surface area contributed by atoms with Crippen molar-refractivity contribution in [1.29, 1.82) is 0 Å². The number of benzene rings is 1. The molecule has 0 N–H and O–H groups in total. The Morgan fingerprint density at radius 3 is 2.43 bits per heavy atom. The highest BCUT2D eigenvalue weighted by molar-refractivity contribution is 5.88. The lowest BCUT2D eigenvalue weighted by Crippen LogP contribution is -2.30. The van der Waals surface area contributed by atoms with Crippen molar-refractivity contribution in [3.8, 4) is 11.1 Å². The quantitative estimate of drug-likeness (QED) is 0.693. The smallest absolute Gasteiger partial charge is 0.129 e. The largest absolute Gasteiger partial charge is 0.357 e. The van der Waals surface area contributed by atoms with Crippen molar-refractivity contribution in [3.05, 3.63) is 54.4 Å². The first-order chi connectivity index (χ1) is 11.3. The first-order valence-corrected chi connectivity index (χ1v) is 8.38. The molecular weight excluding hydrogens is 282 g/mol. The van der Waals surface area contributed by atoms with Crippen LogP contribution in [0, 0.1) is 6.92 Å². The number of nitrogens with zero attached hydrogens (tertiary/aromatic N) is 3. The van der Waals surface area contributed by atoms with Crippen LogP contribution < -0.4 is 4.90 Å². The second-order valence-electron chi connectivity index (χ2n) is 6.31. The second-order valence-corrected chi connectivity index (χ2v) is 6.31. The van der Waals surface area contributed by atoms with Gasteiger partial charge in [-0.15, -0.1) is 0 Å². The van der Waals surface area contributed by atoms with Crippen LogP contribution in [0.4, 0.5) is 5.82 Å². The highest BCUT2D eigenvalue weighted by atomic mass is 15.2. The van der Waals surface area contributed by atoms with E-state index >= 15 is 0 Å². The van der Waals surface area contributed by atoms with Crippen molar-refractivity contribution in [3.63, 3.8) is 0 Å². The molecule has 0 aliphatic carbocycles. The van der Waals surface area contributed by atoms with Crippen molar-refractivity contribution < 1.29 is 0 Å². The molecule has 1 saturated heterocycles. The number of pyridine rings is 2. The first-order valence-electron chi connectivity index (χ1n) is 8.38. The van der Waals surface area contributed by atoms with Crippen molar-refractivity contribution in [2.45, 2.75) is 26.2 Å². The van der Waals surface area contributed by atoms with E-state index in [1.54, 1.807) is 0 Å². The van der Waals surface area contributed by atoms with Crippen LogP contribution >= 0.6 is 0 Å². The monoisotopic (exact) mass is 303 g/mol. The van der Waals surface area contributed by atoms with Gasteiger partial charge in [-0.05, 0) is 73.2 Å². The molecule has 23 heavy (non-hydrogen) atoms. The fraction of sp³-hybridized carbons (Fsp3) is 0.300. The van der Waals surface area contributed by atoms with E-state index in [-0.39, 0.29) is 0 Å². The molecular formula is C20H21N3. The zero-order chi connectivity index (χ0) is 15.6. The van der Waals surface area contributed by atoms with Crippen LogP contribution in [0.5, 0.6) is 0 Å². The molecule has 0 radical (unpaired) electrons. The molecule has 3 heteroatoms. The molecule has 0 spiro atoms. The number of fused-ring (bicyclic) bond motifs is 1. The third kappa shape index (κ3) is 2.79. The summed E-state index contributed by atoms with van der Waals surface area (Å²) in [7, 11) is 0.